The normalized spacial score (nSPS) is 12.9. The van der Waals surface area contributed by atoms with Crippen LogP contribution in [0, 0.1) is 5.41 Å². The van der Waals surface area contributed by atoms with Crippen LogP contribution in [0.5, 0.6) is 0 Å². The summed E-state index contributed by atoms with van der Waals surface area (Å²) in [5.41, 5.74) is 2.77. The molecule has 24 heavy (non-hydrogen) atoms. The number of pyridine rings is 1. The van der Waals surface area contributed by atoms with Gasteiger partial charge in [0.15, 0.2) is 5.69 Å². The molecule has 0 atom stereocenters. The Balaban J connectivity index is 2.47. The van der Waals surface area contributed by atoms with E-state index in [1.165, 1.54) is 0 Å². The maximum absolute atomic E-state index is 13.1. The van der Waals surface area contributed by atoms with Gasteiger partial charge in [0.05, 0.1) is 0 Å². The van der Waals surface area contributed by atoms with Crippen LogP contribution in [-0.2, 0) is 12.4 Å². The van der Waals surface area contributed by atoms with Gasteiger partial charge in [-0.2, -0.15) is 26.3 Å². The third kappa shape index (κ3) is 2.49. The number of nitrogen functional groups attached to an aromatic ring is 1. The van der Waals surface area contributed by atoms with E-state index in [1.54, 1.807) is 0 Å². The van der Waals surface area contributed by atoms with Crippen LogP contribution >= 0.6 is 0 Å². The Morgan fingerprint density at radius 2 is 1.67 bits per heavy atom. The smallest absolute Gasteiger partial charge is 0.382 e. The van der Waals surface area contributed by atoms with Crippen molar-refractivity contribution in [3.05, 3.63) is 35.5 Å². The van der Waals surface area contributed by atoms with Crippen LogP contribution in [0.25, 0.3) is 16.7 Å². The minimum absolute atomic E-state index is 0.00681. The first kappa shape index (κ1) is 16.0. The Hall–Kier alpha value is -2.92. The van der Waals surface area contributed by atoms with Gasteiger partial charge in [-0.25, -0.2) is 15.0 Å². The Bertz CT molecular complexity index is 970. The van der Waals surface area contributed by atoms with Gasteiger partial charge in [-0.1, -0.05) is 0 Å². The summed E-state index contributed by atoms with van der Waals surface area (Å²) in [5, 5.41) is 6.64. The molecule has 3 aromatic rings. The number of imidazole rings is 1. The van der Waals surface area contributed by atoms with Crippen molar-refractivity contribution < 1.29 is 26.3 Å². The predicted molar refractivity (Wildman–Crippen MR) is 69.3 cm³/mol. The molecular weight excluding hydrogens is 342 g/mol. The maximum atomic E-state index is 13.1. The molecule has 0 aromatic carbocycles. The van der Waals surface area contributed by atoms with Gasteiger partial charge in [-0.3, -0.25) is 9.81 Å². The molecule has 0 radical (unpaired) electrons. The first-order valence-corrected chi connectivity index (χ1v) is 6.17. The van der Waals surface area contributed by atoms with Crippen LogP contribution in [0.15, 0.2) is 18.3 Å². The first-order valence-electron chi connectivity index (χ1n) is 6.17. The third-order valence-corrected chi connectivity index (χ3v) is 3.08. The van der Waals surface area contributed by atoms with Crippen LogP contribution in [0.2, 0.25) is 0 Å². The highest BCUT2D eigenvalue weighted by molar-refractivity contribution is 5.94. The molecule has 3 rings (SSSR count). The van der Waals surface area contributed by atoms with Crippen molar-refractivity contribution >= 4 is 22.5 Å². The van der Waals surface area contributed by atoms with E-state index in [1.807, 2.05) is 0 Å². The summed E-state index contributed by atoms with van der Waals surface area (Å²) in [5.74, 6) is -2.42. The van der Waals surface area contributed by atoms with Crippen LogP contribution in [0.1, 0.15) is 17.2 Å². The van der Waals surface area contributed by atoms with E-state index in [9.17, 15) is 26.3 Å². The minimum Gasteiger partial charge on any atom is -0.382 e. The average molecular weight is 348 g/mol. The first-order chi connectivity index (χ1) is 11.0. The minimum atomic E-state index is -5.17. The molecule has 0 fully saturated rings. The van der Waals surface area contributed by atoms with Crippen molar-refractivity contribution in [1.82, 2.24) is 19.4 Å². The van der Waals surface area contributed by atoms with E-state index in [0.29, 0.717) is 0 Å². The lowest BCUT2D eigenvalue weighted by Gasteiger charge is -2.13. The van der Waals surface area contributed by atoms with Gasteiger partial charge >= 0.3 is 12.4 Å². The fraction of sp³-hybridized carbons (Fsp3) is 0.167. The summed E-state index contributed by atoms with van der Waals surface area (Å²) in [7, 11) is 0. The molecular formula is C12H6F6N6. The van der Waals surface area contributed by atoms with Crippen molar-refractivity contribution in [2.24, 2.45) is 5.73 Å². The van der Waals surface area contributed by atoms with Gasteiger partial charge in [-0.15, -0.1) is 0 Å². The number of amidine groups is 1. The second-order valence-corrected chi connectivity index (χ2v) is 4.73. The maximum Gasteiger partial charge on any atom is 0.451 e. The number of rotatable bonds is 1. The summed E-state index contributed by atoms with van der Waals surface area (Å²) in [6.45, 7) is 0. The van der Waals surface area contributed by atoms with Gasteiger partial charge < -0.3 is 5.73 Å². The molecule has 3 aromatic heterocycles. The van der Waals surface area contributed by atoms with Crippen molar-refractivity contribution in [3.8, 4) is 0 Å². The molecule has 0 saturated heterocycles. The molecule has 0 bridgehead atoms. The number of halogens is 6. The second kappa shape index (κ2) is 4.79. The lowest BCUT2D eigenvalue weighted by atomic mass is 10.2. The van der Waals surface area contributed by atoms with E-state index in [4.69, 9.17) is 11.1 Å². The fourth-order valence-corrected chi connectivity index (χ4v) is 2.11. The Morgan fingerprint density at radius 1 is 1.00 bits per heavy atom. The number of nitrogens with zero attached hydrogens (tertiary/aromatic N) is 4. The van der Waals surface area contributed by atoms with Gasteiger partial charge in [0.1, 0.15) is 22.8 Å². The SMILES string of the molecule is N=C(N)c1cn2c(ccc3c(C(F)(F)F)nc(C(F)(F)F)nc32)n1. The van der Waals surface area contributed by atoms with Gasteiger partial charge in [-0.05, 0) is 12.1 Å². The molecule has 3 N–H and O–H groups in total. The Morgan fingerprint density at radius 3 is 2.21 bits per heavy atom. The molecule has 6 nitrogen and oxygen atoms in total. The zero-order valence-corrected chi connectivity index (χ0v) is 11.4. The van der Waals surface area contributed by atoms with Crippen molar-refractivity contribution in [1.29, 1.82) is 5.41 Å². The molecule has 0 aliphatic rings. The predicted octanol–water partition coefficient (Wildman–Crippen LogP) is 2.60. The number of hydrogen-bond donors (Lipinski definition) is 2. The number of nitrogens with one attached hydrogen (secondary N) is 1. The summed E-state index contributed by atoms with van der Waals surface area (Å²) in [6.07, 6.45) is -9.24. The average Bonchev–Trinajstić information content (AvgIpc) is 2.88. The fourth-order valence-electron chi connectivity index (χ4n) is 2.11. The molecule has 0 aliphatic heterocycles. The van der Waals surface area contributed by atoms with E-state index in [2.05, 4.69) is 15.0 Å². The number of hydrogen-bond acceptors (Lipinski definition) is 4. The summed E-state index contributed by atoms with van der Waals surface area (Å²) < 4.78 is 78.7. The van der Waals surface area contributed by atoms with E-state index in [0.717, 1.165) is 22.7 Å². The van der Waals surface area contributed by atoms with Crippen LogP contribution < -0.4 is 5.73 Å². The highest BCUT2D eigenvalue weighted by Gasteiger charge is 2.41. The number of fused-ring (bicyclic) bond motifs is 3. The quantitative estimate of drug-likeness (QED) is 0.402. The molecule has 126 valence electrons. The Labute approximate surface area is 128 Å². The Kier molecular flexibility index (Phi) is 3.18. The van der Waals surface area contributed by atoms with Crippen LogP contribution in [-0.4, -0.2) is 25.2 Å². The van der Waals surface area contributed by atoms with Crippen LogP contribution in [0.4, 0.5) is 26.3 Å². The van der Waals surface area contributed by atoms with Gasteiger partial charge in [0, 0.05) is 11.6 Å². The molecule has 0 saturated carbocycles. The highest BCUT2D eigenvalue weighted by atomic mass is 19.4. The van der Waals surface area contributed by atoms with Gasteiger partial charge in [0.25, 0.3) is 0 Å². The summed E-state index contributed by atoms with van der Waals surface area (Å²) >= 11 is 0. The molecule has 12 heteroatoms. The lowest BCUT2D eigenvalue weighted by Crippen LogP contribution is -2.18. The molecule has 0 spiro atoms. The van der Waals surface area contributed by atoms with E-state index >= 15 is 0 Å². The monoisotopic (exact) mass is 348 g/mol. The zero-order chi connectivity index (χ0) is 17.9. The summed E-state index contributed by atoms with van der Waals surface area (Å²) in [6, 6.07) is 2.06. The molecule has 0 aliphatic carbocycles. The van der Waals surface area contributed by atoms with Crippen molar-refractivity contribution in [2.45, 2.75) is 12.4 Å². The third-order valence-electron chi connectivity index (χ3n) is 3.08. The van der Waals surface area contributed by atoms with E-state index in [-0.39, 0.29) is 11.3 Å². The summed E-state index contributed by atoms with van der Waals surface area (Å²) in [4.78, 5) is 9.66. The van der Waals surface area contributed by atoms with Crippen LogP contribution in [0.3, 0.4) is 0 Å². The largest absolute Gasteiger partial charge is 0.451 e. The van der Waals surface area contributed by atoms with Crippen molar-refractivity contribution in [3.63, 3.8) is 0 Å². The second-order valence-electron chi connectivity index (χ2n) is 4.73. The highest BCUT2D eigenvalue weighted by Crippen LogP contribution is 2.36. The number of nitrogens with two attached hydrogens (primary N) is 1. The van der Waals surface area contributed by atoms with Crippen molar-refractivity contribution in [2.75, 3.05) is 0 Å². The zero-order valence-electron chi connectivity index (χ0n) is 11.4. The number of alkyl halides is 6. The number of aromatic nitrogens is 4. The molecule has 0 unspecified atom stereocenters. The molecule has 3 heterocycles. The standard InChI is InChI=1S/C12H6F6N6/c13-11(14,15)7-4-1-2-6-21-5(8(19)20)3-24(6)9(4)23-10(22-7)12(16,17)18/h1-3H,(H3,19,20). The molecule has 0 amide bonds. The lowest BCUT2D eigenvalue weighted by molar-refractivity contribution is -0.151. The van der Waals surface area contributed by atoms with Gasteiger partial charge in [0.2, 0.25) is 5.82 Å². The topological polar surface area (TPSA) is 93.0 Å². The van der Waals surface area contributed by atoms with E-state index < -0.39 is 40.7 Å².